The number of carbonyl (C=O) groups excluding carboxylic acids is 1. The molecule has 0 unspecified atom stereocenters. The molecule has 1 N–H and O–H groups in total. The Bertz CT molecular complexity index is 928. The van der Waals surface area contributed by atoms with Crippen molar-refractivity contribution in [3.63, 3.8) is 0 Å². The quantitative estimate of drug-likeness (QED) is 0.709. The van der Waals surface area contributed by atoms with Gasteiger partial charge in [0, 0.05) is 25.7 Å². The van der Waals surface area contributed by atoms with E-state index >= 15 is 0 Å². The lowest BCUT2D eigenvalue weighted by atomic mass is 10.1. The summed E-state index contributed by atoms with van der Waals surface area (Å²) in [6.07, 6.45) is 0.632. The van der Waals surface area contributed by atoms with E-state index in [2.05, 4.69) is 5.32 Å². The number of nitrogens with one attached hydrogen (secondary N) is 1. The van der Waals surface area contributed by atoms with E-state index in [1.165, 1.54) is 14.1 Å². The fourth-order valence-corrected chi connectivity index (χ4v) is 3.91. The fourth-order valence-electron chi connectivity index (χ4n) is 2.66. The van der Waals surface area contributed by atoms with E-state index in [4.69, 9.17) is 11.6 Å². The van der Waals surface area contributed by atoms with Gasteiger partial charge < -0.3 is 5.32 Å². The molecule has 0 aliphatic carbocycles. The molecule has 6 nitrogen and oxygen atoms in total. The van der Waals surface area contributed by atoms with Crippen LogP contribution in [0.3, 0.4) is 0 Å². The summed E-state index contributed by atoms with van der Waals surface area (Å²) in [6.45, 7) is 3.83. The van der Waals surface area contributed by atoms with E-state index in [0.717, 1.165) is 25.3 Å². The van der Waals surface area contributed by atoms with Crippen molar-refractivity contribution in [3.05, 3.63) is 64.2 Å². The first-order valence-electron chi connectivity index (χ1n) is 8.90. The highest BCUT2D eigenvalue weighted by molar-refractivity contribution is 7.90. The maximum atomic E-state index is 12.8. The SMILES string of the molecule is Cc1ccc(C)c(N(CC(=O)NCCc2ccc(Cl)cc2)S(=O)(=O)N(C)C)c1. The molecule has 0 radical (unpaired) electrons. The van der Waals surface area contributed by atoms with Crippen molar-refractivity contribution in [2.24, 2.45) is 0 Å². The number of carbonyl (C=O) groups is 1. The van der Waals surface area contributed by atoms with Gasteiger partial charge in [0.2, 0.25) is 5.91 Å². The third kappa shape index (κ3) is 5.70. The summed E-state index contributed by atoms with van der Waals surface area (Å²) in [5.74, 6) is -0.361. The molecule has 0 aliphatic heterocycles. The van der Waals surface area contributed by atoms with Gasteiger partial charge >= 0.3 is 10.2 Å². The zero-order chi connectivity index (χ0) is 20.9. The Morgan fingerprint density at radius 2 is 1.71 bits per heavy atom. The van der Waals surface area contributed by atoms with E-state index in [9.17, 15) is 13.2 Å². The van der Waals surface area contributed by atoms with Crippen LogP contribution in [0.2, 0.25) is 5.02 Å². The molecule has 0 heterocycles. The summed E-state index contributed by atoms with van der Waals surface area (Å²) in [5.41, 5.74) is 3.24. The lowest BCUT2D eigenvalue weighted by molar-refractivity contribution is -0.119. The first-order chi connectivity index (χ1) is 13.1. The van der Waals surface area contributed by atoms with E-state index in [0.29, 0.717) is 23.7 Å². The molecule has 0 saturated carbocycles. The molecule has 2 aromatic rings. The van der Waals surface area contributed by atoms with Gasteiger partial charge in [-0.05, 0) is 55.2 Å². The number of nitrogens with zero attached hydrogens (tertiary/aromatic N) is 2. The first kappa shape index (κ1) is 22.2. The highest BCUT2D eigenvalue weighted by Crippen LogP contribution is 2.25. The van der Waals surface area contributed by atoms with Gasteiger partial charge in [0.25, 0.3) is 0 Å². The molecule has 1 amide bonds. The summed E-state index contributed by atoms with van der Waals surface area (Å²) in [6, 6.07) is 12.9. The van der Waals surface area contributed by atoms with Crippen LogP contribution in [-0.4, -0.2) is 45.8 Å². The molecule has 0 atom stereocenters. The Labute approximate surface area is 172 Å². The van der Waals surface area contributed by atoms with E-state index in [1.807, 2.05) is 38.1 Å². The Morgan fingerprint density at radius 3 is 2.32 bits per heavy atom. The molecule has 28 heavy (non-hydrogen) atoms. The lowest BCUT2D eigenvalue weighted by Crippen LogP contribution is -2.46. The van der Waals surface area contributed by atoms with Crippen molar-refractivity contribution in [1.29, 1.82) is 0 Å². The number of aryl methyl sites for hydroxylation is 2. The van der Waals surface area contributed by atoms with E-state index < -0.39 is 10.2 Å². The summed E-state index contributed by atoms with van der Waals surface area (Å²) < 4.78 is 27.9. The maximum Gasteiger partial charge on any atom is 0.304 e. The topological polar surface area (TPSA) is 69.7 Å². The maximum absolute atomic E-state index is 12.8. The average molecular weight is 424 g/mol. The molecule has 0 fully saturated rings. The van der Waals surface area contributed by atoms with Crippen LogP contribution in [0, 0.1) is 13.8 Å². The van der Waals surface area contributed by atoms with Crippen molar-refractivity contribution in [2.45, 2.75) is 20.3 Å². The Morgan fingerprint density at radius 1 is 1.07 bits per heavy atom. The second-order valence-electron chi connectivity index (χ2n) is 6.81. The molecule has 8 heteroatoms. The van der Waals surface area contributed by atoms with Crippen molar-refractivity contribution in [1.82, 2.24) is 9.62 Å². The first-order valence-corrected chi connectivity index (χ1v) is 10.7. The molecule has 0 aliphatic rings. The minimum Gasteiger partial charge on any atom is -0.354 e. The van der Waals surface area contributed by atoms with Crippen LogP contribution in [0.5, 0.6) is 0 Å². The Hall–Kier alpha value is -2.09. The summed E-state index contributed by atoms with van der Waals surface area (Å²) in [7, 11) is -0.917. The summed E-state index contributed by atoms with van der Waals surface area (Å²) >= 11 is 5.87. The monoisotopic (exact) mass is 423 g/mol. The van der Waals surface area contributed by atoms with Gasteiger partial charge in [-0.15, -0.1) is 0 Å². The van der Waals surface area contributed by atoms with Crippen LogP contribution < -0.4 is 9.62 Å². The third-order valence-corrected chi connectivity index (χ3v) is 6.37. The van der Waals surface area contributed by atoms with Crippen LogP contribution in [0.4, 0.5) is 5.69 Å². The van der Waals surface area contributed by atoms with Gasteiger partial charge in [0.05, 0.1) is 5.69 Å². The zero-order valence-electron chi connectivity index (χ0n) is 16.6. The predicted octanol–water partition coefficient (Wildman–Crippen LogP) is 2.93. The van der Waals surface area contributed by atoms with Crippen LogP contribution >= 0.6 is 11.6 Å². The van der Waals surface area contributed by atoms with Crippen LogP contribution in [-0.2, 0) is 21.4 Å². The van der Waals surface area contributed by atoms with Crippen molar-refractivity contribution in [2.75, 3.05) is 31.5 Å². The number of hydrogen-bond acceptors (Lipinski definition) is 3. The summed E-state index contributed by atoms with van der Waals surface area (Å²) in [4.78, 5) is 12.5. The molecular weight excluding hydrogens is 398 g/mol. The molecule has 0 bridgehead atoms. The third-order valence-electron chi connectivity index (χ3n) is 4.31. The van der Waals surface area contributed by atoms with Crippen molar-refractivity contribution < 1.29 is 13.2 Å². The average Bonchev–Trinajstić information content (AvgIpc) is 2.63. The van der Waals surface area contributed by atoms with Gasteiger partial charge in [-0.1, -0.05) is 35.9 Å². The number of hydrogen-bond donors (Lipinski definition) is 1. The van der Waals surface area contributed by atoms with Gasteiger partial charge in [-0.2, -0.15) is 12.7 Å². The van der Waals surface area contributed by atoms with Crippen LogP contribution in [0.25, 0.3) is 0 Å². The summed E-state index contributed by atoms with van der Waals surface area (Å²) in [5, 5.41) is 3.45. The molecule has 2 aromatic carbocycles. The molecule has 0 saturated heterocycles. The van der Waals surface area contributed by atoms with Crippen molar-refractivity contribution in [3.8, 4) is 0 Å². The molecule has 2 rings (SSSR count). The molecule has 0 aromatic heterocycles. The standard InChI is InChI=1S/C20H26ClN3O3S/c1-15-5-6-16(2)19(13-15)24(28(26,27)23(3)4)14-20(25)22-12-11-17-7-9-18(21)10-8-17/h5-10,13H,11-12,14H2,1-4H3,(H,22,25). The second-order valence-corrected chi connectivity index (χ2v) is 9.32. The Kier molecular flexibility index (Phi) is 7.46. The second kappa shape index (κ2) is 9.41. The highest BCUT2D eigenvalue weighted by atomic mass is 35.5. The molecule has 152 valence electrons. The Balaban J connectivity index is 2.12. The molecular formula is C20H26ClN3O3S. The number of anilines is 1. The van der Waals surface area contributed by atoms with Gasteiger partial charge in [0.1, 0.15) is 6.54 Å². The van der Waals surface area contributed by atoms with Crippen LogP contribution in [0.1, 0.15) is 16.7 Å². The minimum absolute atomic E-state index is 0.286. The number of halogens is 1. The number of amides is 1. The zero-order valence-corrected chi connectivity index (χ0v) is 18.1. The van der Waals surface area contributed by atoms with E-state index in [1.54, 1.807) is 18.2 Å². The van der Waals surface area contributed by atoms with Crippen LogP contribution in [0.15, 0.2) is 42.5 Å². The molecule has 0 spiro atoms. The lowest BCUT2D eigenvalue weighted by Gasteiger charge is -2.28. The number of rotatable bonds is 8. The normalized spacial score (nSPS) is 11.5. The highest BCUT2D eigenvalue weighted by Gasteiger charge is 2.28. The van der Waals surface area contributed by atoms with E-state index in [-0.39, 0.29) is 12.5 Å². The van der Waals surface area contributed by atoms with Crippen molar-refractivity contribution >= 4 is 33.4 Å². The van der Waals surface area contributed by atoms with Gasteiger partial charge in [-0.25, -0.2) is 4.31 Å². The number of benzene rings is 2. The minimum atomic E-state index is -3.82. The largest absolute Gasteiger partial charge is 0.354 e. The van der Waals surface area contributed by atoms with Gasteiger partial charge in [0.15, 0.2) is 0 Å². The smallest absolute Gasteiger partial charge is 0.304 e. The fraction of sp³-hybridized carbons (Fsp3) is 0.350. The predicted molar refractivity (Wildman–Crippen MR) is 114 cm³/mol. The van der Waals surface area contributed by atoms with Gasteiger partial charge in [-0.3, -0.25) is 4.79 Å².